The molecule has 0 fully saturated rings. The van der Waals surface area contributed by atoms with Gasteiger partial charge in [-0.15, -0.1) is 0 Å². The van der Waals surface area contributed by atoms with Crippen LogP contribution in [0.5, 0.6) is 0 Å². The van der Waals surface area contributed by atoms with Gasteiger partial charge >= 0.3 is 0 Å². The fraction of sp³-hybridized carbons (Fsp3) is 1.00. The van der Waals surface area contributed by atoms with Gasteiger partial charge in [0.15, 0.2) is 0 Å². The average molecular weight is 189 g/mol. The van der Waals surface area contributed by atoms with Crippen LogP contribution < -0.4 is 0 Å². The molecule has 0 aromatic heterocycles. The van der Waals surface area contributed by atoms with Gasteiger partial charge in [-0.2, -0.15) is 0 Å². The van der Waals surface area contributed by atoms with Crippen molar-refractivity contribution < 1.29 is 0 Å². The van der Waals surface area contributed by atoms with E-state index in [1.165, 1.54) is 36.2 Å². The van der Waals surface area contributed by atoms with Gasteiger partial charge in [0, 0.05) is 10.2 Å². The third kappa shape index (κ3) is 4.77. The van der Waals surface area contributed by atoms with Crippen LogP contribution in [0.3, 0.4) is 0 Å². The van der Waals surface area contributed by atoms with Crippen molar-refractivity contribution in [2.45, 2.75) is 38.9 Å². The Kier molecular flexibility index (Phi) is 7.32. The molecule has 0 saturated carbocycles. The van der Waals surface area contributed by atoms with Crippen LogP contribution >= 0.6 is 0 Å². The van der Waals surface area contributed by atoms with E-state index in [0.29, 0.717) is 0 Å². The molecular formula is C8H23NSi2. The Hall–Kier alpha value is 0.394. The molecular weight excluding hydrogens is 166 g/mol. The first kappa shape index (κ1) is 11.4. The van der Waals surface area contributed by atoms with Gasteiger partial charge in [-0.1, -0.05) is 26.1 Å². The lowest BCUT2D eigenvalue weighted by Crippen LogP contribution is -2.38. The van der Waals surface area contributed by atoms with Crippen molar-refractivity contribution in [1.29, 1.82) is 0 Å². The van der Waals surface area contributed by atoms with Crippen molar-refractivity contribution in [3.63, 3.8) is 0 Å². The standard InChI is InChI=1S/C8H23NSi2/c1-4-6-9(7-5-2)11(3)8-10/h11H,4-8H2,1-3,10H3. The molecule has 0 heterocycles. The van der Waals surface area contributed by atoms with Crippen molar-refractivity contribution in [2.24, 2.45) is 0 Å². The Morgan fingerprint density at radius 1 is 1.18 bits per heavy atom. The fourth-order valence-corrected chi connectivity index (χ4v) is 4.85. The molecule has 0 radical (unpaired) electrons. The first-order valence-electron chi connectivity index (χ1n) is 5.00. The van der Waals surface area contributed by atoms with Gasteiger partial charge in [0.1, 0.15) is 8.96 Å². The highest BCUT2D eigenvalue weighted by Gasteiger charge is 2.10. The van der Waals surface area contributed by atoms with Crippen LogP contribution in [0.1, 0.15) is 26.7 Å². The third-order valence-electron chi connectivity index (χ3n) is 2.24. The molecule has 1 atom stereocenters. The Bertz CT molecular complexity index is 82.2. The largest absolute Gasteiger partial charge is 0.327 e. The lowest BCUT2D eigenvalue weighted by molar-refractivity contribution is 0.432. The summed E-state index contributed by atoms with van der Waals surface area (Å²) in [6, 6.07) is 0. The fourth-order valence-electron chi connectivity index (χ4n) is 1.39. The molecule has 1 nitrogen and oxygen atoms in total. The number of rotatable bonds is 6. The zero-order chi connectivity index (χ0) is 8.69. The van der Waals surface area contributed by atoms with E-state index < -0.39 is 8.96 Å². The lowest BCUT2D eigenvalue weighted by Gasteiger charge is -2.26. The number of hydrogen-bond acceptors (Lipinski definition) is 1. The van der Waals surface area contributed by atoms with Crippen molar-refractivity contribution in [3.05, 3.63) is 0 Å². The predicted molar refractivity (Wildman–Crippen MR) is 59.9 cm³/mol. The highest BCUT2D eigenvalue weighted by molar-refractivity contribution is 6.61. The Labute approximate surface area is 76.3 Å². The van der Waals surface area contributed by atoms with Crippen LogP contribution in [-0.4, -0.2) is 36.9 Å². The first-order chi connectivity index (χ1) is 5.26. The molecule has 11 heavy (non-hydrogen) atoms. The molecule has 1 unspecified atom stereocenters. The normalized spacial score (nSPS) is 14.2. The van der Waals surface area contributed by atoms with Crippen LogP contribution in [0.15, 0.2) is 0 Å². The summed E-state index contributed by atoms with van der Waals surface area (Å²) in [5.74, 6) is 0. The van der Waals surface area contributed by atoms with Gasteiger partial charge in [-0.3, -0.25) is 0 Å². The van der Waals surface area contributed by atoms with Crippen LogP contribution in [0.2, 0.25) is 12.2 Å². The second-order valence-corrected chi connectivity index (χ2v) is 8.99. The van der Waals surface area contributed by atoms with E-state index in [0.717, 1.165) is 0 Å². The van der Waals surface area contributed by atoms with Gasteiger partial charge in [0.05, 0.1) is 0 Å². The van der Waals surface area contributed by atoms with E-state index in [1.807, 2.05) is 0 Å². The van der Waals surface area contributed by atoms with Gasteiger partial charge in [-0.25, -0.2) is 0 Å². The highest BCUT2D eigenvalue weighted by atomic mass is 28.3. The average Bonchev–Trinajstić information content (AvgIpc) is 2.03. The summed E-state index contributed by atoms with van der Waals surface area (Å²) in [7, 11) is 0.968. The number of nitrogens with zero attached hydrogens (tertiary/aromatic N) is 1. The lowest BCUT2D eigenvalue weighted by atomic mass is 10.4. The summed E-state index contributed by atoms with van der Waals surface area (Å²) in [6.45, 7) is 9.78. The minimum atomic E-state index is -0.437. The summed E-state index contributed by atoms with van der Waals surface area (Å²) < 4.78 is 2.76. The highest BCUT2D eigenvalue weighted by Crippen LogP contribution is 2.00. The van der Waals surface area contributed by atoms with Crippen LogP contribution in [-0.2, 0) is 0 Å². The molecule has 0 aliphatic rings. The minimum absolute atomic E-state index is 0.437. The quantitative estimate of drug-likeness (QED) is 0.558. The molecule has 3 heteroatoms. The van der Waals surface area contributed by atoms with E-state index in [4.69, 9.17) is 0 Å². The Morgan fingerprint density at radius 2 is 1.64 bits per heavy atom. The Balaban J connectivity index is 3.66. The maximum absolute atomic E-state index is 2.76. The second kappa shape index (κ2) is 7.07. The second-order valence-electron chi connectivity index (χ2n) is 3.29. The zero-order valence-corrected chi connectivity index (χ0v) is 11.7. The van der Waals surface area contributed by atoms with Gasteiger partial charge in [0.2, 0.25) is 0 Å². The molecule has 0 N–H and O–H groups in total. The predicted octanol–water partition coefficient (Wildman–Crippen LogP) is 0.785. The summed E-state index contributed by atoms with van der Waals surface area (Å²) in [6.07, 6.45) is 2.66. The van der Waals surface area contributed by atoms with Gasteiger partial charge in [-0.05, 0) is 25.9 Å². The maximum Gasteiger partial charge on any atom is 0.105 e. The molecule has 0 rings (SSSR count). The monoisotopic (exact) mass is 189 g/mol. The topological polar surface area (TPSA) is 3.24 Å². The first-order valence-corrected chi connectivity index (χ1v) is 8.90. The van der Waals surface area contributed by atoms with Gasteiger partial charge in [0.25, 0.3) is 0 Å². The number of hydrogen-bond donors (Lipinski definition) is 0. The smallest absolute Gasteiger partial charge is 0.105 e. The van der Waals surface area contributed by atoms with Crippen molar-refractivity contribution >= 4 is 19.2 Å². The van der Waals surface area contributed by atoms with Crippen LogP contribution in [0, 0.1) is 0 Å². The SMILES string of the molecule is CCCN(CCC)[SiH](C)C[SiH3]. The Morgan fingerprint density at radius 3 is 1.91 bits per heavy atom. The van der Waals surface area contributed by atoms with Crippen LogP contribution in [0.25, 0.3) is 0 Å². The van der Waals surface area contributed by atoms with E-state index in [-0.39, 0.29) is 0 Å². The molecule has 0 aliphatic heterocycles. The van der Waals surface area contributed by atoms with E-state index in [9.17, 15) is 0 Å². The zero-order valence-electron chi connectivity index (χ0n) is 8.56. The molecule has 68 valence electrons. The minimum Gasteiger partial charge on any atom is -0.327 e. The van der Waals surface area contributed by atoms with Crippen molar-refractivity contribution in [1.82, 2.24) is 4.57 Å². The molecule has 0 spiro atoms. The molecule has 0 aromatic rings. The molecule has 0 saturated heterocycles. The molecule has 0 aliphatic carbocycles. The molecule has 0 amide bonds. The van der Waals surface area contributed by atoms with Crippen LogP contribution in [0.4, 0.5) is 0 Å². The van der Waals surface area contributed by atoms with E-state index in [2.05, 4.69) is 25.0 Å². The van der Waals surface area contributed by atoms with E-state index in [1.54, 1.807) is 5.67 Å². The summed E-state index contributed by atoms with van der Waals surface area (Å²) >= 11 is 0. The summed E-state index contributed by atoms with van der Waals surface area (Å²) in [5, 5.41) is 0. The summed E-state index contributed by atoms with van der Waals surface area (Å²) in [4.78, 5) is 0. The van der Waals surface area contributed by atoms with Crippen molar-refractivity contribution in [3.8, 4) is 0 Å². The molecule has 0 bridgehead atoms. The van der Waals surface area contributed by atoms with E-state index >= 15 is 0 Å². The van der Waals surface area contributed by atoms with Gasteiger partial charge < -0.3 is 4.57 Å². The summed E-state index contributed by atoms with van der Waals surface area (Å²) in [5.41, 5.74) is 1.56. The van der Waals surface area contributed by atoms with Crippen molar-refractivity contribution in [2.75, 3.05) is 13.1 Å². The maximum atomic E-state index is 2.76. The molecule has 0 aromatic carbocycles. The third-order valence-corrected chi connectivity index (χ3v) is 8.73.